The van der Waals surface area contributed by atoms with E-state index in [4.69, 9.17) is 27.2 Å². The van der Waals surface area contributed by atoms with Crippen LogP contribution < -0.4 is 27.2 Å². The fraction of sp³-hybridized carbons (Fsp3) is 0.280. The molecule has 10 heteroatoms. The maximum Gasteiger partial charge on any atom is 0.262 e. The molecule has 1 aliphatic rings. The zero-order chi connectivity index (χ0) is 25.7. The van der Waals surface area contributed by atoms with Crippen LogP contribution >= 0.6 is 11.6 Å². The van der Waals surface area contributed by atoms with E-state index in [2.05, 4.69) is 10.6 Å². The standard InChI is InChI=1S/C25H26ClN5O4/c1-12-5-8-16(35-12)23(25(2,3)4)30-20-19(21(32)22(20)33)29-15-7-6-14(26)13-11-31(17(28)9-10-27)24(34)18(13)15/h5-10,23,28-30H,11,27H2,1-4H3/t23-/m0/s1. The minimum absolute atomic E-state index is 0.0558. The number of nitrogens with two attached hydrogens (primary N) is 1. The van der Waals surface area contributed by atoms with Crippen molar-refractivity contribution in [3.63, 3.8) is 0 Å². The number of amides is 1. The van der Waals surface area contributed by atoms with Gasteiger partial charge in [-0.2, -0.15) is 0 Å². The molecule has 9 nitrogen and oxygen atoms in total. The second-order valence-electron chi connectivity index (χ2n) is 9.51. The second kappa shape index (κ2) is 8.74. The first-order chi connectivity index (χ1) is 16.4. The van der Waals surface area contributed by atoms with Gasteiger partial charge in [0.15, 0.2) is 0 Å². The molecule has 0 radical (unpaired) electrons. The Morgan fingerprint density at radius 3 is 2.46 bits per heavy atom. The van der Waals surface area contributed by atoms with Crippen LogP contribution in [0.5, 0.6) is 0 Å². The molecule has 182 valence electrons. The average molecular weight is 496 g/mol. The van der Waals surface area contributed by atoms with E-state index in [0.29, 0.717) is 22.0 Å². The van der Waals surface area contributed by atoms with Gasteiger partial charge in [0.05, 0.1) is 23.8 Å². The molecule has 1 aromatic heterocycles. The highest BCUT2D eigenvalue weighted by atomic mass is 35.5. The Morgan fingerprint density at radius 1 is 1.17 bits per heavy atom. The van der Waals surface area contributed by atoms with Gasteiger partial charge in [-0.25, -0.2) is 0 Å². The number of nitrogens with one attached hydrogen (secondary N) is 3. The van der Waals surface area contributed by atoms with Gasteiger partial charge >= 0.3 is 0 Å². The minimum Gasteiger partial charge on any atom is -0.464 e. The van der Waals surface area contributed by atoms with E-state index in [0.717, 1.165) is 5.76 Å². The number of carbonyl (C=O) groups is 1. The summed E-state index contributed by atoms with van der Waals surface area (Å²) in [7, 11) is 0. The Morgan fingerprint density at radius 2 is 1.86 bits per heavy atom. The summed E-state index contributed by atoms with van der Waals surface area (Å²) in [6.45, 7) is 7.90. The zero-order valence-electron chi connectivity index (χ0n) is 19.8. The number of hydrogen-bond acceptors (Lipinski definition) is 8. The SMILES string of the molecule is Cc1ccc([C@H](Nc2c(Nc3ccc(Cl)c4c3C(=O)N(C(=N)C=CN)C4)c(=O)c2=O)C(C)(C)C)o1. The number of hydrogen-bond donors (Lipinski definition) is 4. The van der Waals surface area contributed by atoms with E-state index < -0.39 is 22.8 Å². The van der Waals surface area contributed by atoms with Crippen LogP contribution in [0.1, 0.15) is 54.3 Å². The van der Waals surface area contributed by atoms with Crippen LogP contribution in [-0.4, -0.2) is 16.6 Å². The van der Waals surface area contributed by atoms with Gasteiger partial charge < -0.3 is 20.8 Å². The van der Waals surface area contributed by atoms with Gasteiger partial charge in [-0.3, -0.25) is 24.7 Å². The molecule has 1 atom stereocenters. The molecular formula is C25H26ClN5O4. The Kier molecular flexibility index (Phi) is 6.06. The fourth-order valence-electron chi connectivity index (χ4n) is 4.12. The lowest BCUT2D eigenvalue weighted by atomic mass is 9.85. The minimum atomic E-state index is -0.694. The molecule has 0 fully saturated rings. The van der Waals surface area contributed by atoms with Gasteiger partial charge in [-0.1, -0.05) is 32.4 Å². The summed E-state index contributed by atoms with van der Waals surface area (Å²) >= 11 is 6.33. The topological polar surface area (TPSA) is 142 Å². The van der Waals surface area contributed by atoms with Gasteiger partial charge in [0.2, 0.25) is 0 Å². The summed E-state index contributed by atoms with van der Waals surface area (Å²) in [6.07, 6.45) is 2.47. The van der Waals surface area contributed by atoms with E-state index in [1.807, 2.05) is 39.8 Å². The lowest BCUT2D eigenvalue weighted by Crippen LogP contribution is -2.39. The Balaban J connectivity index is 1.70. The number of rotatable bonds is 6. The molecule has 1 amide bonds. The van der Waals surface area contributed by atoms with Crippen LogP contribution in [0.25, 0.3) is 0 Å². The number of amidine groups is 1. The molecule has 0 unspecified atom stereocenters. The van der Waals surface area contributed by atoms with Gasteiger partial charge in [0, 0.05) is 10.6 Å². The molecule has 0 bridgehead atoms. The van der Waals surface area contributed by atoms with Crippen LogP contribution in [0.3, 0.4) is 0 Å². The molecule has 1 aliphatic heterocycles. The van der Waals surface area contributed by atoms with Crippen molar-refractivity contribution in [2.75, 3.05) is 10.6 Å². The lowest BCUT2D eigenvalue weighted by Gasteiger charge is -2.31. The Hall–Kier alpha value is -3.85. The first kappa shape index (κ1) is 24.3. The molecular weight excluding hydrogens is 470 g/mol. The molecule has 4 rings (SSSR count). The number of aryl methyl sites for hydroxylation is 1. The van der Waals surface area contributed by atoms with Crippen LogP contribution in [0.4, 0.5) is 17.1 Å². The van der Waals surface area contributed by atoms with Crippen molar-refractivity contribution in [2.24, 2.45) is 11.1 Å². The molecule has 0 saturated heterocycles. The molecule has 35 heavy (non-hydrogen) atoms. The molecule has 2 heterocycles. The predicted octanol–water partition coefficient (Wildman–Crippen LogP) is 4.19. The fourth-order valence-corrected chi connectivity index (χ4v) is 4.33. The van der Waals surface area contributed by atoms with Crippen LogP contribution in [0.15, 0.2) is 50.5 Å². The summed E-state index contributed by atoms with van der Waals surface area (Å²) in [5, 5.41) is 14.6. The highest BCUT2D eigenvalue weighted by molar-refractivity contribution is 6.33. The number of carbonyl (C=O) groups excluding carboxylic acids is 1. The van der Waals surface area contributed by atoms with Gasteiger partial charge in [-0.05, 0) is 48.9 Å². The van der Waals surface area contributed by atoms with E-state index in [-0.39, 0.29) is 34.7 Å². The largest absolute Gasteiger partial charge is 0.464 e. The first-order valence-corrected chi connectivity index (χ1v) is 11.3. The third kappa shape index (κ3) is 4.23. The molecule has 0 aliphatic carbocycles. The molecule has 5 N–H and O–H groups in total. The van der Waals surface area contributed by atoms with Gasteiger partial charge in [0.1, 0.15) is 28.7 Å². The zero-order valence-corrected chi connectivity index (χ0v) is 20.5. The van der Waals surface area contributed by atoms with Crippen molar-refractivity contribution in [2.45, 2.75) is 40.3 Å². The van der Waals surface area contributed by atoms with E-state index >= 15 is 0 Å². The summed E-state index contributed by atoms with van der Waals surface area (Å²) < 4.78 is 5.80. The highest BCUT2D eigenvalue weighted by Gasteiger charge is 2.36. The Bertz CT molecular complexity index is 1440. The van der Waals surface area contributed by atoms with Crippen molar-refractivity contribution < 1.29 is 9.21 Å². The summed E-state index contributed by atoms with van der Waals surface area (Å²) in [5.41, 5.74) is 4.92. The van der Waals surface area contributed by atoms with Crippen LogP contribution in [0.2, 0.25) is 5.02 Å². The number of benzene rings is 1. The van der Waals surface area contributed by atoms with Gasteiger partial charge in [-0.15, -0.1) is 0 Å². The summed E-state index contributed by atoms with van der Waals surface area (Å²) in [4.78, 5) is 39.4. The number of halogens is 1. The quantitative estimate of drug-likeness (QED) is 0.228. The second-order valence-corrected chi connectivity index (χ2v) is 9.92. The highest BCUT2D eigenvalue weighted by Crippen LogP contribution is 2.39. The predicted molar refractivity (Wildman–Crippen MR) is 136 cm³/mol. The maximum absolute atomic E-state index is 13.1. The van der Waals surface area contributed by atoms with E-state index in [1.165, 1.54) is 17.2 Å². The van der Waals surface area contributed by atoms with Crippen molar-refractivity contribution in [1.29, 1.82) is 5.41 Å². The van der Waals surface area contributed by atoms with E-state index in [1.54, 1.807) is 12.1 Å². The summed E-state index contributed by atoms with van der Waals surface area (Å²) in [5.74, 6) is 0.821. The van der Waals surface area contributed by atoms with Crippen LogP contribution in [0, 0.1) is 17.7 Å². The van der Waals surface area contributed by atoms with Gasteiger partial charge in [0.25, 0.3) is 16.8 Å². The maximum atomic E-state index is 13.1. The summed E-state index contributed by atoms with van der Waals surface area (Å²) in [6, 6.07) is 6.45. The average Bonchev–Trinajstić information content (AvgIpc) is 3.37. The smallest absolute Gasteiger partial charge is 0.262 e. The number of anilines is 3. The molecule has 2 aromatic carbocycles. The number of fused-ring (bicyclic) bond motifs is 1. The third-order valence-electron chi connectivity index (χ3n) is 5.95. The van der Waals surface area contributed by atoms with Crippen molar-refractivity contribution in [3.8, 4) is 0 Å². The monoisotopic (exact) mass is 495 g/mol. The van der Waals surface area contributed by atoms with Crippen molar-refractivity contribution in [3.05, 3.63) is 84.7 Å². The Labute approximate surface area is 206 Å². The number of furan rings is 1. The van der Waals surface area contributed by atoms with Crippen molar-refractivity contribution >= 4 is 40.4 Å². The molecule has 0 spiro atoms. The molecule has 3 aromatic rings. The molecule has 0 saturated carbocycles. The number of nitrogens with zero attached hydrogens (tertiary/aromatic N) is 1. The van der Waals surface area contributed by atoms with Crippen LogP contribution in [-0.2, 0) is 6.54 Å². The lowest BCUT2D eigenvalue weighted by molar-refractivity contribution is 0.0866. The third-order valence-corrected chi connectivity index (χ3v) is 6.30. The van der Waals surface area contributed by atoms with Crippen molar-refractivity contribution in [1.82, 2.24) is 4.90 Å². The van der Waals surface area contributed by atoms with E-state index in [9.17, 15) is 14.4 Å². The normalized spacial score (nSPS) is 14.5. The first-order valence-electron chi connectivity index (χ1n) is 11.0.